The molecule has 0 aliphatic carbocycles. The van der Waals surface area contributed by atoms with Crippen molar-refractivity contribution < 1.29 is 9.90 Å². The molecule has 1 amide bonds. The van der Waals surface area contributed by atoms with E-state index >= 15 is 0 Å². The zero-order chi connectivity index (χ0) is 15.9. The van der Waals surface area contributed by atoms with Crippen LogP contribution in [0.15, 0.2) is 42.5 Å². The van der Waals surface area contributed by atoms with Gasteiger partial charge < -0.3 is 15.0 Å². The summed E-state index contributed by atoms with van der Waals surface area (Å²) in [4.78, 5) is 17.2. The molecule has 114 valence electrons. The van der Waals surface area contributed by atoms with Gasteiger partial charge in [0.15, 0.2) is 0 Å². The molecule has 4 nitrogen and oxygen atoms in total. The lowest BCUT2D eigenvalue weighted by Gasteiger charge is -2.25. The third kappa shape index (κ3) is 2.70. The van der Waals surface area contributed by atoms with Crippen LogP contribution in [0, 0.1) is 0 Å². The average Bonchev–Trinajstić information content (AvgIpc) is 2.89. The molecule has 3 aromatic rings. The number of rotatable bonds is 3. The first-order valence-electron chi connectivity index (χ1n) is 7.33. The van der Waals surface area contributed by atoms with Gasteiger partial charge in [-0.1, -0.05) is 30.3 Å². The van der Waals surface area contributed by atoms with Gasteiger partial charge >= 0.3 is 0 Å². The maximum atomic E-state index is 12.5. The summed E-state index contributed by atoms with van der Waals surface area (Å²) in [6.07, 6.45) is 0. The van der Waals surface area contributed by atoms with Gasteiger partial charge in [0.1, 0.15) is 5.69 Å². The van der Waals surface area contributed by atoms with Crippen molar-refractivity contribution in [1.29, 1.82) is 0 Å². The molecule has 0 fully saturated rings. The fourth-order valence-corrected chi connectivity index (χ4v) is 2.86. The Balaban J connectivity index is 2.02. The van der Waals surface area contributed by atoms with Gasteiger partial charge in [0, 0.05) is 24.5 Å². The maximum absolute atomic E-state index is 12.5. The van der Waals surface area contributed by atoms with Crippen molar-refractivity contribution in [2.24, 2.45) is 0 Å². The van der Waals surface area contributed by atoms with Gasteiger partial charge in [-0.05, 0) is 36.8 Å². The molecular weight excluding hydrogens is 276 g/mol. The third-order valence-corrected chi connectivity index (χ3v) is 3.73. The number of aliphatic hydroxyl groups is 1. The minimum absolute atomic E-state index is 0.123. The number of nitrogens with zero attached hydrogens (tertiary/aromatic N) is 1. The fourth-order valence-electron chi connectivity index (χ4n) is 2.86. The predicted molar refractivity (Wildman–Crippen MR) is 89.1 cm³/mol. The minimum atomic E-state index is -0.914. The normalized spacial score (nSPS) is 12.0. The van der Waals surface area contributed by atoms with Gasteiger partial charge in [0.25, 0.3) is 5.91 Å². The highest BCUT2D eigenvalue weighted by Gasteiger charge is 2.21. The van der Waals surface area contributed by atoms with Crippen LogP contribution in [-0.2, 0) is 0 Å². The Bertz CT molecular complexity index is 843. The summed E-state index contributed by atoms with van der Waals surface area (Å²) < 4.78 is 0. The van der Waals surface area contributed by atoms with Crippen molar-refractivity contribution in [3.63, 3.8) is 0 Å². The molecule has 0 saturated carbocycles. The van der Waals surface area contributed by atoms with E-state index in [2.05, 4.69) is 17.1 Å². The van der Waals surface area contributed by atoms with Crippen molar-refractivity contribution in [2.75, 3.05) is 13.6 Å². The SMILES string of the molecule is CN(CC(C)(C)O)C(=O)c1cc2c(ccc3ccccc32)[nH]1. The highest BCUT2D eigenvalue weighted by Crippen LogP contribution is 2.26. The molecule has 0 unspecified atom stereocenters. The first kappa shape index (κ1) is 14.6. The molecule has 4 heteroatoms. The molecule has 22 heavy (non-hydrogen) atoms. The monoisotopic (exact) mass is 296 g/mol. The van der Waals surface area contributed by atoms with E-state index in [0.717, 1.165) is 21.7 Å². The summed E-state index contributed by atoms with van der Waals surface area (Å²) in [5.41, 5.74) is 0.570. The van der Waals surface area contributed by atoms with Gasteiger partial charge in [0.05, 0.1) is 5.60 Å². The lowest BCUT2D eigenvalue weighted by Crippen LogP contribution is -2.39. The summed E-state index contributed by atoms with van der Waals surface area (Å²) in [7, 11) is 1.70. The molecule has 0 saturated heterocycles. The van der Waals surface area contributed by atoms with Crippen molar-refractivity contribution in [2.45, 2.75) is 19.4 Å². The summed E-state index contributed by atoms with van der Waals surface area (Å²) in [6.45, 7) is 3.66. The molecule has 0 aliphatic rings. The molecule has 0 atom stereocenters. The van der Waals surface area contributed by atoms with Crippen molar-refractivity contribution in [1.82, 2.24) is 9.88 Å². The summed E-state index contributed by atoms with van der Waals surface area (Å²) >= 11 is 0. The van der Waals surface area contributed by atoms with Crippen molar-refractivity contribution >= 4 is 27.6 Å². The molecule has 2 N–H and O–H groups in total. The molecule has 0 aliphatic heterocycles. The van der Waals surface area contributed by atoms with Crippen LogP contribution in [0.25, 0.3) is 21.7 Å². The number of carbonyl (C=O) groups is 1. The summed E-state index contributed by atoms with van der Waals surface area (Å²) in [5, 5.41) is 13.2. The first-order valence-corrected chi connectivity index (χ1v) is 7.33. The van der Waals surface area contributed by atoms with Crippen LogP contribution in [0.1, 0.15) is 24.3 Å². The van der Waals surface area contributed by atoms with E-state index < -0.39 is 5.60 Å². The van der Waals surface area contributed by atoms with Crippen LogP contribution in [0.5, 0.6) is 0 Å². The van der Waals surface area contributed by atoms with E-state index in [1.807, 2.05) is 30.3 Å². The van der Waals surface area contributed by atoms with Crippen LogP contribution in [0.4, 0.5) is 0 Å². The van der Waals surface area contributed by atoms with Gasteiger partial charge in [-0.15, -0.1) is 0 Å². The number of hydrogen-bond acceptors (Lipinski definition) is 2. The van der Waals surface area contributed by atoms with Crippen LogP contribution in [0.3, 0.4) is 0 Å². The Morgan fingerprint density at radius 1 is 1.18 bits per heavy atom. The number of H-pyrrole nitrogens is 1. The Hall–Kier alpha value is -2.33. The standard InChI is InChI=1S/C18H20N2O2/c1-18(2,22)11-20(3)17(21)16-10-14-13-7-5-4-6-12(13)8-9-15(14)19-16/h4-10,19,22H,11H2,1-3H3. The second-order valence-corrected chi connectivity index (χ2v) is 6.40. The van der Waals surface area contributed by atoms with Crippen LogP contribution < -0.4 is 0 Å². The minimum Gasteiger partial charge on any atom is -0.389 e. The van der Waals surface area contributed by atoms with E-state index in [0.29, 0.717) is 5.69 Å². The number of fused-ring (bicyclic) bond motifs is 3. The topological polar surface area (TPSA) is 56.3 Å². The molecule has 0 spiro atoms. The summed E-state index contributed by atoms with van der Waals surface area (Å²) in [6, 6.07) is 14.0. The summed E-state index contributed by atoms with van der Waals surface area (Å²) in [5.74, 6) is -0.123. The molecule has 1 heterocycles. The van der Waals surface area contributed by atoms with Gasteiger partial charge in [0.2, 0.25) is 0 Å². The number of benzene rings is 2. The molecule has 0 bridgehead atoms. The lowest BCUT2D eigenvalue weighted by atomic mass is 10.1. The Kier molecular flexibility index (Phi) is 3.41. The molecule has 0 radical (unpaired) electrons. The van der Waals surface area contributed by atoms with Gasteiger partial charge in [-0.3, -0.25) is 4.79 Å². The number of carbonyl (C=O) groups excluding carboxylic acids is 1. The van der Waals surface area contributed by atoms with Gasteiger partial charge in [-0.25, -0.2) is 0 Å². The predicted octanol–water partition coefficient (Wildman–Crippen LogP) is 3.16. The van der Waals surface area contributed by atoms with Gasteiger partial charge in [-0.2, -0.15) is 0 Å². The molecule has 2 aromatic carbocycles. The zero-order valence-electron chi connectivity index (χ0n) is 13.1. The number of likely N-dealkylation sites (N-methyl/N-ethyl adjacent to an activating group) is 1. The van der Waals surface area contributed by atoms with E-state index in [-0.39, 0.29) is 12.5 Å². The van der Waals surface area contributed by atoms with E-state index in [9.17, 15) is 9.90 Å². The first-order chi connectivity index (χ1) is 10.3. The smallest absolute Gasteiger partial charge is 0.270 e. The largest absolute Gasteiger partial charge is 0.389 e. The number of amides is 1. The van der Waals surface area contributed by atoms with E-state index in [4.69, 9.17) is 0 Å². The highest BCUT2D eigenvalue weighted by atomic mass is 16.3. The second-order valence-electron chi connectivity index (χ2n) is 6.40. The highest BCUT2D eigenvalue weighted by molar-refractivity contribution is 6.09. The molecule has 3 rings (SSSR count). The Morgan fingerprint density at radius 2 is 1.91 bits per heavy atom. The fraction of sp³-hybridized carbons (Fsp3) is 0.278. The van der Waals surface area contributed by atoms with Crippen LogP contribution in [-0.4, -0.2) is 40.1 Å². The second kappa shape index (κ2) is 5.14. The Morgan fingerprint density at radius 3 is 2.64 bits per heavy atom. The number of aromatic amines is 1. The lowest BCUT2D eigenvalue weighted by molar-refractivity contribution is 0.0365. The van der Waals surface area contributed by atoms with Crippen molar-refractivity contribution in [3.05, 3.63) is 48.2 Å². The molecule has 1 aromatic heterocycles. The average molecular weight is 296 g/mol. The number of nitrogens with one attached hydrogen (secondary N) is 1. The molecular formula is C18H20N2O2. The van der Waals surface area contributed by atoms with E-state index in [1.165, 1.54) is 4.90 Å². The number of hydrogen-bond donors (Lipinski definition) is 2. The number of aromatic nitrogens is 1. The van der Waals surface area contributed by atoms with Crippen LogP contribution >= 0.6 is 0 Å². The maximum Gasteiger partial charge on any atom is 0.270 e. The Labute approximate surface area is 129 Å². The third-order valence-electron chi connectivity index (χ3n) is 3.73. The van der Waals surface area contributed by atoms with Crippen molar-refractivity contribution in [3.8, 4) is 0 Å². The zero-order valence-corrected chi connectivity index (χ0v) is 13.1. The quantitative estimate of drug-likeness (QED) is 0.780. The van der Waals surface area contributed by atoms with Crippen LogP contribution in [0.2, 0.25) is 0 Å². The van der Waals surface area contributed by atoms with E-state index in [1.54, 1.807) is 20.9 Å².